The lowest BCUT2D eigenvalue weighted by molar-refractivity contribution is -0.160. The van der Waals surface area contributed by atoms with Crippen molar-refractivity contribution in [1.29, 1.82) is 0 Å². The van der Waals surface area contributed by atoms with E-state index in [-0.39, 0.29) is 65.8 Å². The monoisotopic (exact) mass is 1350 g/mol. The van der Waals surface area contributed by atoms with Crippen LogP contribution < -0.4 is 52.0 Å². The molecule has 3 heterocycles. The third-order valence-electron chi connectivity index (χ3n) is 15.4. The van der Waals surface area contributed by atoms with Crippen molar-refractivity contribution in [2.75, 3.05) is 61.1 Å². The highest BCUT2D eigenvalue weighted by Crippen LogP contribution is 2.49. The van der Waals surface area contributed by atoms with Crippen molar-refractivity contribution in [3.8, 4) is 11.5 Å². The largest absolute Gasteiger partial charge is 0.495 e. The molecule has 9 N–H and O–H groups in total. The van der Waals surface area contributed by atoms with Gasteiger partial charge in [0.05, 0.1) is 56.1 Å². The molecule has 10 atom stereocenters. The number of aliphatic hydroxyl groups is 1. The Hall–Kier alpha value is -6.03. The number of nitrogens with one attached hydrogen (secondary N) is 6. The van der Waals surface area contributed by atoms with E-state index in [9.17, 15) is 43.5 Å². The number of hydrogen-bond donors (Lipinski definition) is 8. The van der Waals surface area contributed by atoms with Crippen molar-refractivity contribution in [3.63, 3.8) is 0 Å². The number of amides is 7. The van der Waals surface area contributed by atoms with Gasteiger partial charge < -0.3 is 69.6 Å². The van der Waals surface area contributed by atoms with Crippen LogP contribution in [-0.4, -0.2) is 158 Å². The van der Waals surface area contributed by atoms with E-state index in [1.165, 1.54) is 51.5 Å². The summed E-state index contributed by atoms with van der Waals surface area (Å²) in [6.07, 6.45) is 1.25. The number of alkyl carbamates (subject to hydrolysis) is 1. The molecule has 0 spiro atoms. The molecule has 0 aromatic heterocycles. The molecule has 0 aliphatic carbocycles. The Morgan fingerprint density at radius 2 is 1.71 bits per heavy atom. The van der Waals surface area contributed by atoms with Crippen LogP contribution in [0.15, 0.2) is 54.1 Å². The van der Waals surface area contributed by atoms with Crippen LogP contribution in [0.4, 0.5) is 31.4 Å². The first-order valence-corrected chi connectivity index (χ1v) is 30.9. The maximum atomic E-state index is 14.5. The van der Waals surface area contributed by atoms with Crippen LogP contribution >= 0.6 is 43.5 Å². The highest BCUT2D eigenvalue weighted by atomic mass is 79.9. The van der Waals surface area contributed by atoms with Crippen molar-refractivity contribution < 1.29 is 76.6 Å². The van der Waals surface area contributed by atoms with E-state index in [0.717, 1.165) is 11.1 Å². The lowest BCUT2D eigenvalue weighted by atomic mass is 9.83. The number of hydrogen-bond acceptors (Lipinski definition) is 17. The normalized spacial score (nSPS) is 24.5. The van der Waals surface area contributed by atoms with Crippen molar-refractivity contribution in [1.82, 2.24) is 21.3 Å². The van der Waals surface area contributed by atoms with Crippen LogP contribution in [0.1, 0.15) is 99.0 Å². The Bertz CT molecular complexity index is 2820. The zero-order valence-corrected chi connectivity index (χ0v) is 54.4. The van der Waals surface area contributed by atoms with E-state index in [1.54, 1.807) is 65.8 Å². The topological polar surface area (TPSA) is 326 Å². The number of anilines is 3. The van der Waals surface area contributed by atoms with Gasteiger partial charge in [-0.15, -0.1) is 0 Å². The standard InChI is InChI=1S/C59H83Br2ClN8O16/c1-32(2)49(65-38(31-71)16-13-21-57(5,6)86-53(75)36(29-60)30-61)52(74)67-40(17-14-22-64-54(63)76)51(73)66-37-19-20-39(42(26-37)80-9)68-55(77)84-46-27-47(72)70(8)41-24-35(25-43(81-10)48(41)62)23-33(3)15-12-18-45(82-11)59(79)28-44(83-56(78)69-59)34(4)50-58(46,7)85-50/h12,15,18-20,24-26,31-32,34,36,38,40,44-46,49-50,65,79H,13-14,16-17,21-23,27-30H2,1-11H3,(H,66,73)(H,67,74)(H,68,77)(H,69,78)(H3,63,64,76)/b18-12+,33-15+/t34-,38?,40+,44+,45-,46+,49+,50+,58+,59+/m1/s1. The van der Waals surface area contributed by atoms with E-state index < -0.39 is 108 Å². The van der Waals surface area contributed by atoms with Gasteiger partial charge in [-0.2, -0.15) is 0 Å². The number of primary amides is 1. The maximum Gasteiger partial charge on any atom is 0.412 e. The molecule has 24 nitrogen and oxygen atoms in total. The summed E-state index contributed by atoms with van der Waals surface area (Å²) in [4.78, 5) is 108. The number of nitrogens with zero attached hydrogens (tertiary/aromatic N) is 1. The fourth-order valence-electron chi connectivity index (χ4n) is 10.3. The lowest BCUT2D eigenvalue weighted by Crippen LogP contribution is -2.63. The Balaban J connectivity index is 1.36. The second-order valence-corrected chi connectivity index (χ2v) is 24.6. The number of ether oxygens (including phenoxy) is 7. The molecule has 2 saturated heterocycles. The van der Waals surface area contributed by atoms with Gasteiger partial charge in [0.15, 0.2) is 5.72 Å². The first-order chi connectivity index (χ1) is 40.5. The minimum Gasteiger partial charge on any atom is -0.495 e. The molecule has 2 aromatic rings. The smallest absolute Gasteiger partial charge is 0.412 e. The number of carbonyl (C=O) groups excluding carboxylic acids is 8. The molecule has 3 aliphatic rings. The molecule has 2 aromatic carbocycles. The molecule has 476 valence electrons. The minimum atomic E-state index is -1.91. The molecule has 5 rings (SSSR count). The highest BCUT2D eigenvalue weighted by molar-refractivity contribution is 9.09. The Morgan fingerprint density at radius 3 is 2.34 bits per heavy atom. The fourth-order valence-corrected chi connectivity index (χ4v) is 12.3. The molecule has 27 heteroatoms. The zero-order valence-electron chi connectivity index (χ0n) is 50.5. The predicted octanol–water partition coefficient (Wildman–Crippen LogP) is 7.33. The Morgan fingerprint density at radius 1 is 1.01 bits per heavy atom. The number of carbonyl (C=O) groups is 8. The minimum absolute atomic E-state index is 0.0466. The first kappa shape index (κ1) is 70.7. The average Bonchev–Trinajstić information content (AvgIpc) is 2.01. The summed E-state index contributed by atoms with van der Waals surface area (Å²) in [5.74, 6) is -3.08. The molecule has 0 saturated carbocycles. The summed E-state index contributed by atoms with van der Waals surface area (Å²) in [5, 5.41) is 29.3. The third kappa shape index (κ3) is 19.2. The molecule has 0 radical (unpaired) electrons. The summed E-state index contributed by atoms with van der Waals surface area (Å²) in [7, 11) is 5.72. The number of urea groups is 1. The van der Waals surface area contributed by atoms with Crippen molar-refractivity contribution >= 4 is 109 Å². The van der Waals surface area contributed by atoms with Crippen LogP contribution in [0.3, 0.4) is 0 Å². The van der Waals surface area contributed by atoms with Crippen molar-refractivity contribution in [3.05, 3.63) is 64.7 Å². The number of esters is 1. The van der Waals surface area contributed by atoms with E-state index in [0.29, 0.717) is 54.1 Å². The van der Waals surface area contributed by atoms with Gasteiger partial charge in [-0.1, -0.05) is 88.0 Å². The van der Waals surface area contributed by atoms with Gasteiger partial charge in [0.1, 0.15) is 58.4 Å². The van der Waals surface area contributed by atoms with Crippen LogP contribution in [0.5, 0.6) is 11.5 Å². The SMILES string of the molecule is COc1cc(NC(=O)[C@H](CCCNC(N)=O)NC(=O)[C@@H](NC(C=O)CCCC(C)(C)OC(=O)C(CBr)CBr)C(C)C)ccc1NC(=O)O[C@H]1CC(=O)N(C)c2cc(cc(OC)c2Cl)C/C(C)=C/C=C/[C@@H](OC)[C@@]2(O)C[C@H](OC(=O)N2)[C@@H](C)[C@@H]2O[C@@]12C. The quantitative estimate of drug-likeness (QED) is 0.0120. The molecule has 7 amide bonds. The second-order valence-electron chi connectivity index (χ2n) is 22.9. The van der Waals surface area contributed by atoms with Crippen LogP contribution in [0, 0.1) is 17.8 Å². The van der Waals surface area contributed by atoms with Crippen molar-refractivity contribution in [2.24, 2.45) is 23.5 Å². The number of rotatable bonds is 25. The number of nitrogens with two attached hydrogens (primary N) is 1. The van der Waals surface area contributed by atoms with Crippen LogP contribution in [0.2, 0.25) is 5.02 Å². The summed E-state index contributed by atoms with van der Waals surface area (Å²) < 4.78 is 40.9. The van der Waals surface area contributed by atoms with Crippen LogP contribution in [0.25, 0.3) is 0 Å². The number of alkyl halides is 2. The lowest BCUT2D eigenvalue weighted by Gasteiger charge is -2.42. The van der Waals surface area contributed by atoms with E-state index >= 15 is 0 Å². The van der Waals surface area contributed by atoms with Crippen LogP contribution in [-0.2, 0) is 54.1 Å². The number of aldehydes is 1. The van der Waals surface area contributed by atoms with Gasteiger partial charge >= 0.3 is 24.2 Å². The highest BCUT2D eigenvalue weighted by Gasteiger charge is 2.64. The van der Waals surface area contributed by atoms with Gasteiger partial charge in [0.2, 0.25) is 17.7 Å². The number of fused-ring (bicyclic) bond motifs is 5. The third-order valence-corrected chi connectivity index (χ3v) is 17.3. The zero-order chi connectivity index (χ0) is 63.8. The van der Waals surface area contributed by atoms with E-state index in [1.807, 2.05) is 13.0 Å². The molecular formula is C59H83Br2ClN8O16. The van der Waals surface area contributed by atoms with Gasteiger partial charge in [0.25, 0.3) is 0 Å². The molecule has 86 heavy (non-hydrogen) atoms. The first-order valence-electron chi connectivity index (χ1n) is 28.3. The van der Waals surface area contributed by atoms with Gasteiger partial charge in [-0.3, -0.25) is 35.1 Å². The molecule has 1 unspecified atom stereocenters. The van der Waals surface area contributed by atoms with Crippen molar-refractivity contribution in [2.45, 2.75) is 159 Å². The van der Waals surface area contributed by atoms with Gasteiger partial charge in [-0.25, -0.2) is 14.4 Å². The summed E-state index contributed by atoms with van der Waals surface area (Å²) >= 11 is 13.5. The number of methoxy groups -OCH3 is 3. The summed E-state index contributed by atoms with van der Waals surface area (Å²) in [6, 6.07) is 4.20. The van der Waals surface area contributed by atoms with E-state index in [2.05, 4.69) is 63.8 Å². The number of epoxide rings is 1. The number of benzene rings is 2. The molecular weight excluding hydrogens is 1270 g/mol. The molecule has 2 fully saturated rings. The van der Waals surface area contributed by atoms with Gasteiger partial charge in [-0.05, 0) is 102 Å². The predicted molar refractivity (Wildman–Crippen MR) is 330 cm³/mol. The maximum absolute atomic E-state index is 14.5. The average molecular weight is 1360 g/mol. The number of halogens is 3. The molecule has 3 aliphatic heterocycles. The summed E-state index contributed by atoms with van der Waals surface area (Å²) in [5.41, 5.74) is 3.42. The Labute approximate surface area is 524 Å². The number of allylic oxidation sites excluding steroid dienone is 3. The fraction of sp³-hybridized carbons (Fsp3) is 0.593. The second kappa shape index (κ2) is 31.7. The Kier molecular flexibility index (Phi) is 26.1. The molecule has 4 bridgehead atoms. The van der Waals surface area contributed by atoms with E-state index in [4.69, 9.17) is 50.5 Å². The van der Waals surface area contributed by atoms with Gasteiger partial charge in [0, 0.05) is 55.5 Å². The summed E-state index contributed by atoms with van der Waals surface area (Å²) in [6.45, 7) is 12.6.